The van der Waals surface area contributed by atoms with Gasteiger partial charge in [0.05, 0.1) is 6.04 Å². The first-order chi connectivity index (χ1) is 9.81. The first-order valence-corrected chi connectivity index (χ1v) is 8.38. The molecule has 1 aliphatic carbocycles. The van der Waals surface area contributed by atoms with Crippen LogP contribution in [0.3, 0.4) is 0 Å². The average molecular weight is 275 g/mol. The molecular formula is C17H29N3+2. The van der Waals surface area contributed by atoms with E-state index in [0.717, 1.165) is 18.5 Å². The van der Waals surface area contributed by atoms with E-state index >= 15 is 0 Å². The highest BCUT2D eigenvalue weighted by atomic mass is 15.3. The molecule has 3 rings (SSSR count). The molecule has 1 saturated carbocycles. The van der Waals surface area contributed by atoms with Crippen molar-refractivity contribution < 1.29 is 9.80 Å². The van der Waals surface area contributed by atoms with Crippen LogP contribution >= 0.6 is 0 Å². The summed E-state index contributed by atoms with van der Waals surface area (Å²) >= 11 is 0. The smallest absolute Gasteiger partial charge is 0.127 e. The van der Waals surface area contributed by atoms with Crippen LogP contribution in [0.2, 0.25) is 0 Å². The van der Waals surface area contributed by atoms with Crippen LogP contribution in [0.1, 0.15) is 38.2 Å². The second-order valence-corrected chi connectivity index (χ2v) is 6.90. The molecule has 0 spiro atoms. The predicted molar refractivity (Wildman–Crippen MR) is 80.8 cm³/mol. The third-order valence-electron chi connectivity index (χ3n) is 5.37. The fourth-order valence-electron chi connectivity index (χ4n) is 3.97. The van der Waals surface area contributed by atoms with Crippen molar-refractivity contribution >= 4 is 0 Å². The van der Waals surface area contributed by atoms with Gasteiger partial charge in [-0.3, -0.25) is 4.98 Å². The van der Waals surface area contributed by atoms with Crippen molar-refractivity contribution in [3.8, 4) is 0 Å². The lowest BCUT2D eigenvalue weighted by molar-refractivity contribution is -1.03. The summed E-state index contributed by atoms with van der Waals surface area (Å²) in [6.45, 7) is 8.97. The van der Waals surface area contributed by atoms with Gasteiger partial charge in [-0.05, 0) is 37.7 Å². The molecule has 3 heteroatoms. The Labute approximate surface area is 123 Å². The first-order valence-electron chi connectivity index (χ1n) is 8.38. The summed E-state index contributed by atoms with van der Waals surface area (Å²) in [6.07, 6.45) is 9.74. The van der Waals surface area contributed by atoms with Crippen LogP contribution in [0.5, 0.6) is 0 Å². The van der Waals surface area contributed by atoms with E-state index in [1.807, 2.05) is 17.3 Å². The van der Waals surface area contributed by atoms with Gasteiger partial charge in [0.15, 0.2) is 0 Å². The fraction of sp³-hybridized carbons (Fsp3) is 0.706. The lowest BCUT2D eigenvalue weighted by Gasteiger charge is -2.37. The van der Waals surface area contributed by atoms with Crippen molar-refractivity contribution in [2.75, 3.05) is 26.2 Å². The largest absolute Gasteiger partial charge is 0.323 e. The topological polar surface area (TPSA) is 21.8 Å². The molecular weight excluding hydrogens is 246 g/mol. The van der Waals surface area contributed by atoms with Crippen LogP contribution < -0.4 is 9.80 Å². The summed E-state index contributed by atoms with van der Waals surface area (Å²) in [4.78, 5) is 7.86. The summed E-state index contributed by atoms with van der Waals surface area (Å²) in [5.74, 6) is 0.975. The van der Waals surface area contributed by atoms with E-state index in [2.05, 4.69) is 24.0 Å². The van der Waals surface area contributed by atoms with Gasteiger partial charge < -0.3 is 9.80 Å². The van der Waals surface area contributed by atoms with E-state index in [1.165, 1.54) is 57.4 Å². The highest BCUT2D eigenvalue weighted by Gasteiger charge is 2.31. The van der Waals surface area contributed by atoms with Crippen molar-refractivity contribution in [2.24, 2.45) is 5.92 Å². The van der Waals surface area contributed by atoms with Crippen molar-refractivity contribution in [2.45, 2.75) is 45.2 Å². The highest BCUT2D eigenvalue weighted by molar-refractivity contribution is 5.06. The van der Waals surface area contributed by atoms with Crippen LogP contribution in [0, 0.1) is 5.92 Å². The minimum atomic E-state index is 0.964. The Bertz CT molecular complexity index is 390. The van der Waals surface area contributed by atoms with Gasteiger partial charge in [-0.15, -0.1) is 0 Å². The standard InChI is InChI=1S/C17H27N3/c1-15-4-6-17(7-5-15)20-11-9-19(10-12-20)14-16-3-2-8-18-13-16/h2-3,8,13,15,17H,4-7,9-12,14H2,1H3/p+2. The van der Waals surface area contributed by atoms with E-state index < -0.39 is 0 Å². The van der Waals surface area contributed by atoms with Crippen LogP contribution in [0.15, 0.2) is 24.5 Å². The molecule has 2 N–H and O–H groups in total. The van der Waals surface area contributed by atoms with Crippen LogP contribution in [-0.4, -0.2) is 37.2 Å². The number of piperazine rings is 1. The Morgan fingerprint density at radius 2 is 1.85 bits per heavy atom. The van der Waals surface area contributed by atoms with Gasteiger partial charge in [0, 0.05) is 18.0 Å². The molecule has 110 valence electrons. The maximum absolute atomic E-state index is 4.23. The molecule has 0 amide bonds. The zero-order chi connectivity index (χ0) is 13.8. The van der Waals surface area contributed by atoms with Crippen molar-refractivity contribution in [1.82, 2.24) is 4.98 Å². The van der Waals surface area contributed by atoms with E-state index in [-0.39, 0.29) is 0 Å². The number of hydrogen-bond donors (Lipinski definition) is 2. The van der Waals surface area contributed by atoms with Gasteiger partial charge in [-0.25, -0.2) is 0 Å². The normalized spacial score (nSPS) is 34.9. The number of aromatic nitrogens is 1. The van der Waals surface area contributed by atoms with E-state index in [9.17, 15) is 0 Å². The molecule has 0 bridgehead atoms. The average Bonchev–Trinajstić information content (AvgIpc) is 2.50. The third kappa shape index (κ3) is 3.58. The highest BCUT2D eigenvalue weighted by Crippen LogP contribution is 2.21. The Morgan fingerprint density at radius 1 is 1.10 bits per heavy atom. The number of hydrogen-bond acceptors (Lipinski definition) is 1. The molecule has 2 fully saturated rings. The molecule has 1 aromatic rings. The fourth-order valence-corrected chi connectivity index (χ4v) is 3.97. The summed E-state index contributed by atoms with van der Waals surface area (Å²) < 4.78 is 0. The molecule has 0 unspecified atom stereocenters. The second kappa shape index (κ2) is 6.68. The molecule has 1 aliphatic heterocycles. The Balaban J connectivity index is 1.45. The predicted octanol–water partition coefficient (Wildman–Crippen LogP) is -0.0563. The van der Waals surface area contributed by atoms with Gasteiger partial charge in [-0.1, -0.05) is 13.0 Å². The molecule has 2 heterocycles. The number of quaternary nitrogens is 2. The summed E-state index contributed by atoms with van der Waals surface area (Å²) in [7, 11) is 0. The number of nitrogens with zero attached hydrogens (tertiary/aromatic N) is 1. The van der Waals surface area contributed by atoms with E-state index in [0.29, 0.717) is 0 Å². The molecule has 0 atom stereocenters. The molecule has 1 saturated heterocycles. The number of rotatable bonds is 3. The quantitative estimate of drug-likeness (QED) is 0.793. The maximum Gasteiger partial charge on any atom is 0.127 e. The second-order valence-electron chi connectivity index (χ2n) is 6.90. The minimum Gasteiger partial charge on any atom is -0.323 e. The van der Waals surface area contributed by atoms with Gasteiger partial charge in [-0.2, -0.15) is 0 Å². The zero-order valence-corrected chi connectivity index (χ0v) is 12.8. The minimum absolute atomic E-state index is 0.964. The molecule has 0 radical (unpaired) electrons. The summed E-state index contributed by atoms with van der Waals surface area (Å²) in [5.41, 5.74) is 1.39. The maximum atomic E-state index is 4.23. The van der Waals surface area contributed by atoms with Crippen molar-refractivity contribution in [3.05, 3.63) is 30.1 Å². The first kappa shape index (κ1) is 14.0. The Hall–Kier alpha value is -0.930. The van der Waals surface area contributed by atoms with E-state index in [1.54, 1.807) is 4.90 Å². The van der Waals surface area contributed by atoms with Gasteiger partial charge in [0.2, 0.25) is 0 Å². The lowest BCUT2D eigenvalue weighted by atomic mass is 9.86. The van der Waals surface area contributed by atoms with Gasteiger partial charge in [0.1, 0.15) is 32.7 Å². The lowest BCUT2D eigenvalue weighted by Crippen LogP contribution is -3.29. The van der Waals surface area contributed by atoms with Crippen LogP contribution in [0.25, 0.3) is 0 Å². The molecule has 2 aliphatic rings. The molecule has 0 aromatic carbocycles. The monoisotopic (exact) mass is 275 g/mol. The van der Waals surface area contributed by atoms with Crippen LogP contribution in [-0.2, 0) is 6.54 Å². The van der Waals surface area contributed by atoms with Gasteiger partial charge >= 0.3 is 0 Å². The van der Waals surface area contributed by atoms with Crippen molar-refractivity contribution in [3.63, 3.8) is 0 Å². The van der Waals surface area contributed by atoms with Crippen molar-refractivity contribution in [1.29, 1.82) is 0 Å². The third-order valence-corrected chi connectivity index (χ3v) is 5.37. The molecule has 3 nitrogen and oxygen atoms in total. The summed E-state index contributed by atoms with van der Waals surface area (Å²) in [6, 6.07) is 5.23. The number of pyridine rings is 1. The van der Waals surface area contributed by atoms with Crippen LogP contribution in [0.4, 0.5) is 0 Å². The Morgan fingerprint density at radius 3 is 2.50 bits per heavy atom. The number of nitrogens with one attached hydrogen (secondary N) is 2. The zero-order valence-electron chi connectivity index (χ0n) is 12.8. The SMILES string of the molecule is CC1CCC([NH+]2CC[NH+](Cc3cccnc3)CC2)CC1. The molecule has 1 aromatic heterocycles. The Kier molecular flexibility index (Phi) is 4.69. The van der Waals surface area contributed by atoms with Gasteiger partial charge in [0.25, 0.3) is 0 Å². The molecule has 20 heavy (non-hydrogen) atoms. The summed E-state index contributed by atoms with van der Waals surface area (Å²) in [5, 5.41) is 0. The van der Waals surface area contributed by atoms with E-state index in [4.69, 9.17) is 0 Å².